The van der Waals surface area contributed by atoms with Gasteiger partial charge in [0.05, 0.1) is 25.4 Å². The predicted molar refractivity (Wildman–Crippen MR) is 130 cm³/mol. The van der Waals surface area contributed by atoms with Crippen molar-refractivity contribution in [2.45, 2.75) is 70.2 Å². The van der Waals surface area contributed by atoms with Gasteiger partial charge >= 0.3 is 0 Å². The second-order valence-electron chi connectivity index (χ2n) is 8.28. The minimum atomic E-state index is 0.359. The third-order valence-electron chi connectivity index (χ3n) is 5.55. The van der Waals surface area contributed by atoms with E-state index < -0.39 is 0 Å². The van der Waals surface area contributed by atoms with Crippen LogP contribution in [0.5, 0.6) is 5.88 Å². The highest BCUT2D eigenvalue weighted by molar-refractivity contribution is 9.10. The Labute approximate surface area is 200 Å². The number of aromatic nitrogens is 1. The average Bonchev–Trinajstić information content (AvgIpc) is 2.79. The Bertz CT molecular complexity index is 722. The average molecular weight is 506 g/mol. The smallest absolute Gasteiger partial charge is 0.213 e. The fourth-order valence-electron chi connectivity index (χ4n) is 3.52. The van der Waals surface area contributed by atoms with Crippen molar-refractivity contribution in [1.29, 1.82) is 0 Å². The molecule has 0 radical (unpaired) electrons. The van der Waals surface area contributed by atoms with Gasteiger partial charge in [0.15, 0.2) is 0 Å². The van der Waals surface area contributed by atoms with Crippen LogP contribution in [0.4, 0.5) is 0 Å². The van der Waals surface area contributed by atoms with E-state index in [0.717, 1.165) is 75.7 Å². The van der Waals surface area contributed by atoms with Crippen molar-refractivity contribution in [1.82, 2.24) is 4.98 Å². The molecule has 1 aromatic carbocycles. The second-order valence-corrected chi connectivity index (χ2v) is 9.20. The molecule has 1 saturated carbocycles. The van der Waals surface area contributed by atoms with Crippen LogP contribution in [0.1, 0.15) is 56.9 Å². The van der Waals surface area contributed by atoms with Gasteiger partial charge in [0.2, 0.25) is 5.88 Å². The van der Waals surface area contributed by atoms with Crippen LogP contribution in [0.3, 0.4) is 0 Å². The van der Waals surface area contributed by atoms with Gasteiger partial charge in [0.25, 0.3) is 0 Å². The zero-order valence-corrected chi connectivity index (χ0v) is 20.5. The normalized spacial score (nSPS) is 17.8. The number of rotatable bonds is 17. The minimum Gasteiger partial charge on any atom is -0.478 e. The van der Waals surface area contributed by atoms with Crippen molar-refractivity contribution in [3.8, 4) is 5.88 Å². The predicted octanol–water partition coefficient (Wildman–Crippen LogP) is 6.34. The van der Waals surface area contributed by atoms with Gasteiger partial charge in [-0.15, -0.1) is 0 Å². The van der Waals surface area contributed by atoms with Crippen LogP contribution >= 0.6 is 15.9 Å². The van der Waals surface area contributed by atoms with E-state index in [1.54, 1.807) is 6.20 Å². The molecule has 1 heterocycles. The van der Waals surface area contributed by atoms with Crippen molar-refractivity contribution < 1.29 is 18.9 Å². The summed E-state index contributed by atoms with van der Waals surface area (Å²) < 4.78 is 24.2. The molecule has 1 aromatic heterocycles. The van der Waals surface area contributed by atoms with Crippen molar-refractivity contribution in [3.05, 3.63) is 58.7 Å². The van der Waals surface area contributed by atoms with Gasteiger partial charge < -0.3 is 18.9 Å². The molecule has 5 nitrogen and oxygen atoms in total. The lowest BCUT2D eigenvalue weighted by atomic mass is 9.92. The lowest BCUT2D eigenvalue weighted by molar-refractivity contribution is -0.107. The monoisotopic (exact) mass is 505 g/mol. The lowest BCUT2D eigenvalue weighted by Crippen LogP contribution is -2.37. The fourth-order valence-corrected chi connectivity index (χ4v) is 3.75. The lowest BCUT2D eigenvalue weighted by Gasteiger charge is -2.35. The van der Waals surface area contributed by atoms with E-state index in [0.29, 0.717) is 31.3 Å². The van der Waals surface area contributed by atoms with Crippen LogP contribution in [0.15, 0.2) is 53.1 Å². The van der Waals surface area contributed by atoms with Gasteiger partial charge in [-0.1, -0.05) is 30.3 Å². The Hall–Kier alpha value is -1.47. The van der Waals surface area contributed by atoms with Gasteiger partial charge in [-0.25, -0.2) is 4.98 Å². The standard InChI is InChI=1S/C26H36BrNO4/c27-23-12-13-26(28-20-23)31-17-9-3-7-15-29-14-6-2-8-16-30-24-18-25(19-24)32-21-22-10-4-1-5-11-22/h1,4-5,10-13,20,24-25H,2-3,6-9,14-19,21H2. The molecule has 0 unspecified atom stereocenters. The SMILES string of the molecule is Brc1ccc(OCCCCCOCCCCCOC2CC(OCc3ccccc3)C2)nc1. The highest BCUT2D eigenvalue weighted by atomic mass is 79.9. The molecule has 0 atom stereocenters. The fraction of sp³-hybridized carbons (Fsp3) is 0.577. The first-order valence-electron chi connectivity index (χ1n) is 11.9. The Balaban J connectivity index is 1.02. The van der Waals surface area contributed by atoms with E-state index >= 15 is 0 Å². The molecule has 0 N–H and O–H groups in total. The topological polar surface area (TPSA) is 49.8 Å². The van der Waals surface area contributed by atoms with Crippen LogP contribution in [-0.4, -0.2) is 43.6 Å². The molecule has 0 amide bonds. The highest BCUT2D eigenvalue weighted by Crippen LogP contribution is 2.27. The summed E-state index contributed by atoms with van der Waals surface area (Å²) in [6.45, 7) is 3.94. The van der Waals surface area contributed by atoms with Gasteiger partial charge in [-0.05, 0) is 78.9 Å². The first kappa shape index (κ1) is 25.2. The van der Waals surface area contributed by atoms with Crippen molar-refractivity contribution >= 4 is 15.9 Å². The molecule has 32 heavy (non-hydrogen) atoms. The van der Waals surface area contributed by atoms with Crippen LogP contribution in [0, 0.1) is 0 Å². The molecule has 0 aliphatic heterocycles. The maximum atomic E-state index is 5.94. The summed E-state index contributed by atoms with van der Waals surface area (Å²) >= 11 is 3.37. The summed E-state index contributed by atoms with van der Waals surface area (Å²) in [4.78, 5) is 4.20. The maximum Gasteiger partial charge on any atom is 0.213 e. The van der Waals surface area contributed by atoms with Crippen LogP contribution in [-0.2, 0) is 20.8 Å². The number of halogens is 1. The molecule has 2 aromatic rings. The molecule has 1 aliphatic rings. The van der Waals surface area contributed by atoms with Crippen LogP contribution in [0.25, 0.3) is 0 Å². The number of hydrogen-bond acceptors (Lipinski definition) is 5. The Kier molecular flexibility index (Phi) is 12.1. The maximum absolute atomic E-state index is 5.94. The van der Waals surface area contributed by atoms with Crippen LogP contribution in [0.2, 0.25) is 0 Å². The molecule has 6 heteroatoms. The van der Waals surface area contributed by atoms with E-state index in [1.165, 1.54) is 5.56 Å². The molecule has 0 saturated heterocycles. The zero-order valence-electron chi connectivity index (χ0n) is 18.9. The van der Waals surface area contributed by atoms with E-state index in [1.807, 2.05) is 18.2 Å². The number of hydrogen-bond donors (Lipinski definition) is 0. The first-order chi connectivity index (χ1) is 15.8. The largest absolute Gasteiger partial charge is 0.478 e. The third kappa shape index (κ3) is 10.4. The summed E-state index contributed by atoms with van der Waals surface area (Å²) in [7, 11) is 0. The second kappa shape index (κ2) is 15.4. The molecule has 0 bridgehead atoms. The number of unbranched alkanes of at least 4 members (excludes halogenated alkanes) is 4. The molecular formula is C26H36BrNO4. The Morgan fingerprint density at radius 1 is 0.750 bits per heavy atom. The van der Waals surface area contributed by atoms with Gasteiger partial charge in [-0.3, -0.25) is 0 Å². The quantitative estimate of drug-likeness (QED) is 0.234. The molecular weight excluding hydrogens is 470 g/mol. The van der Waals surface area contributed by atoms with Gasteiger partial charge in [-0.2, -0.15) is 0 Å². The molecule has 0 spiro atoms. The summed E-state index contributed by atoms with van der Waals surface area (Å²) in [5, 5.41) is 0. The summed E-state index contributed by atoms with van der Waals surface area (Å²) in [5.74, 6) is 0.682. The zero-order chi connectivity index (χ0) is 22.3. The van der Waals surface area contributed by atoms with Crippen molar-refractivity contribution in [3.63, 3.8) is 0 Å². The Morgan fingerprint density at radius 2 is 1.44 bits per heavy atom. The third-order valence-corrected chi connectivity index (χ3v) is 6.02. The first-order valence-corrected chi connectivity index (χ1v) is 12.7. The molecule has 1 aliphatic carbocycles. The Morgan fingerprint density at radius 3 is 2.16 bits per heavy atom. The summed E-state index contributed by atoms with van der Waals surface area (Å²) in [5.41, 5.74) is 1.24. The van der Waals surface area contributed by atoms with Crippen molar-refractivity contribution in [2.24, 2.45) is 0 Å². The van der Waals surface area contributed by atoms with Crippen molar-refractivity contribution in [2.75, 3.05) is 26.4 Å². The highest BCUT2D eigenvalue weighted by Gasteiger charge is 2.30. The van der Waals surface area contributed by atoms with Gasteiger partial charge in [0.1, 0.15) is 0 Å². The minimum absolute atomic E-state index is 0.359. The molecule has 1 fully saturated rings. The number of ether oxygens (including phenoxy) is 4. The van der Waals surface area contributed by atoms with E-state index in [4.69, 9.17) is 18.9 Å². The molecule has 3 rings (SSSR count). The van der Waals surface area contributed by atoms with Crippen LogP contribution < -0.4 is 4.74 Å². The molecule has 176 valence electrons. The van der Waals surface area contributed by atoms with E-state index in [2.05, 4.69) is 45.2 Å². The number of nitrogens with zero attached hydrogens (tertiary/aromatic N) is 1. The van der Waals surface area contributed by atoms with E-state index in [9.17, 15) is 0 Å². The summed E-state index contributed by atoms with van der Waals surface area (Å²) in [6.07, 6.45) is 11.1. The number of pyridine rings is 1. The number of benzene rings is 1. The van der Waals surface area contributed by atoms with E-state index in [-0.39, 0.29) is 0 Å². The summed E-state index contributed by atoms with van der Waals surface area (Å²) in [6, 6.07) is 14.2. The van der Waals surface area contributed by atoms with Gasteiger partial charge in [0, 0.05) is 36.6 Å².